The van der Waals surface area contributed by atoms with Crippen LogP contribution in [0.25, 0.3) is 0 Å². The molecule has 6 atom stereocenters. The Balaban J connectivity index is 1.78. The molecule has 1 unspecified atom stereocenters. The number of carbonyl (C=O) groups is 1. The third kappa shape index (κ3) is 1.85. The molecular formula is C19H31N2O+. The summed E-state index contributed by atoms with van der Waals surface area (Å²) in [4.78, 5) is 12.0. The van der Waals surface area contributed by atoms with E-state index in [0.29, 0.717) is 16.4 Å². The Morgan fingerprint density at radius 3 is 2.73 bits per heavy atom. The lowest BCUT2D eigenvalue weighted by atomic mass is 9.50. The van der Waals surface area contributed by atoms with Crippen molar-refractivity contribution in [2.24, 2.45) is 34.4 Å². The smallest absolute Gasteiger partial charge is 0.161 e. The Hall–Kier alpha value is -0.670. The number of piperidine rings is 1. The second-order valence-corrected chi connectivity index (χ2v) is 9.33. The van der Waals surface area contributed by atoms with Crippen LogP contribution in [0.15, 0.2) is 11.8 Å². The third-order valence-corrected chi connectivity index (χ3v) is 7.95. The van der Waals surface area contributed by atoms with Crippen molar-refractivity contribution in [2.45, 2.75) is 58.8 Å². The Labute approximate surface area is 134 Å². The number of nitrogens with zero attached hydrogens (tertiary/aromatic N) is 1. The number of allylic oxidation sites excluding steroid dienone is 2. The first-order chi connectivity index (χ1) is 10.3. The van der Waals surface area contributed by atoms with Gasteiger partial charge in [0.15, 0.2) is 5.78 Å². The molecule has 0 aromatic heterocycles. The highest BCUT2D eigenvalue weighted by atomic mass is 16.1. The molecule has 0 bridgehead atoms. The fourth-order valence-electron chi connectivity index (χ4n) is 6.87. The highest BCUT2D eigenvalue weighted by Crippen LogP contribution is 2.64. The number of fused-ring (bicyclic) bond motifs is 5. The van der Waals surface area contributed by atoms with Gasteiger partial charge in [0, 0.05) is 23.8 Å². The third-order valence-electron chi connectivity index (χ3n) is 7.95. The van der Waals surface area contributed by atoms with Gasteiger partial charge in [-0.05, 0) is 56.3 Å². The fourth-order valence-corrected chi connectivity index (χ4v) is 6.87. The zero-order chi connectivity index (χ0) is 15.8. The van der Waals surface area contributed by atoms with Gasteiger partial charge < -0.3 is 0 Å². The summed E-state index contributed by atoms with van der Waals surface area (Å²) in [6.07, 6.45) is 10.5. The molecule has 3 aliphatic carbocycles. The maximum Gasteiger partial charge on any atom is 0.161 e. The minimum absolute atomic E-state index is 0.143. The predicted molar refractivity (Wildman–Crippen MR) is 87.3 cm³/mol. The van der Waals surface area contributed by atoms with Crippen LogP contribution in [0.4, 0.5) is 0 Å². The molecule has 3 heteroatoms. The molecule has 0 spiro atoms. The van der Waals surface area contributed by atoms with E-state index in [1.165, 1.54) is 37.8 Å². The molecule has 122 valence electrons. The van der Waals surface area contributed by atoms with Crippen LogP contribution in [0.1, 0.15) is 58.8 Å². The highest BCUT2D eigenvalue weighted by Gasteiger charge is 2.62. The molecule has 3 fully saturated rings. The Bertz CT molecular complexity index is 552. The van der Waals surface area contributed by atoms with E-state index < -0.39 is 0 Å². The van der Waals surface area contributed by atoms with E-state index >= 15 is 0 Å². The lowest BCUT2D eigenvalue weighted by Gasteiger charge is -2.59. The molecule has 22 heavy (non-hydrogen) atoms. The largest absolute Gasteiger partial charge is 0.295 e. The lowest BCUT2D eigenvalue weighted by Crippen LogP contribution is -2.66. The van der Waals surface area contributed by atoms with Gasteiger partial charge in [0.05, 0.1) is 7.05 Å². The number of hydrogen-bond donors (Lipinski definition) is 1. The predicted octanol–water partition coefficient (Wildman–Crippen LogP) is 3.41. The Morgan fingerprint density at radius 2 is 1.95 bits per heavy atom. The number of carbonyl (C=O) groups excluding carboxylic acids is 1. The van der Waals surface area contributed by atoms with Crippen molar-refractivity contribution >= 4 is 5.78 Å². The van der Waals surface area contributed by atoms with E-state index in [-0.39, 0.29) is 11.2 Å². The summed E-state index contributed by atoms with van der Waals surface area (Å²) in [5.41, 5.74) is 1.92. The molecule has 1 aliphatic heterocycles. The van der Waals surface area contributed by atoms with Crippen molar-refractivity contribution in [1.29, 1.82) is 0 Å². The molecule has 0 aromatic rings. The Kier molecular flexibility index (Phi) is 3.01. The molecule has 2 saturated carbocycles. The molecular weight excluding hydrogens is 272 g/mol. The van der Waals surface area contributed by atoms with E-state index in [0.717, 1.165) is 30.7 Å². The van der Waals surface area contributed by atoms with E-state index in [1.54, 1.807) is 0 Å². The number of ketones is 1. The number of hydrogen-bond acceptors (Lipinski definition) is 2. The van der Waals surface area contributed by atoms with Gasteiger partial charge in [-0.15, -0.1) is 0 Å². The first-order valence-electron chi connectivity index (χ1n) is 9.16. The van der Waals surface area contributed by atoms with Gasteiger partial charge in [-0.3, -0.25) is 4.79 Å². The van der Waals surface area contributed by atoms with Crippen molar-refractivity contribution in [3.8, 4) is 0 Å². The van der Waals surface area contributed by atoms with Gasteiger partial charge in [-0.2, -0.15) is 5.84 Å². The second kappa shape index (κ2) is 4.45. The molecule has 0 aromatic carbocycles. The van der Waals surface area contributed by atoms with Crippen molar-refractivity contribution in [1.82, 2.24) is 0 Å². The zero-order valence-corrected chi connectivity index (χ0v) is 14.4. The molecule has 0 radical (unpaired) electrons. The van der Waals surface area contributed by atoms with Crippen molar-refractivity contribution < 1.29 is 9.39 Å². The van der Waals surface area contributed by atoms with Crippen molar-refractivity contribution in [3.63, 3.8) is 0 Å². The van der Waals surface area contributed by atoms with Gasteiger partial charge in [-0.1, -0.05) is 13.3 Å². The van der Waals surface area contributed by atoms with Crippen LogP contribution in [-0.4, -0.2) is 24.0 Å². The Morgan fingerprint density at radius 1 is 1.18 bits per heavy atom. The molecule has 4 aliphatic rings. The van der Waals surface area contributed by atoms with Crippen LogP contribution in [0.2, 0.25) is 0 Å². The summed E-state index contributed by atoms with van der Waals surface area (Å²) < 4.78 is 0.454. The summed E-state index contributed by atoms with van der Waals surface area (Å²) in [5, 5.41) is 0. The minimum Gasteiger partial charge on any atom is -0.295 e. The van der Waals surface area contributed by atoms with Crippen LogP contribution in [-0.2, 0) is 4.79 Å². The summed E-state index contributed by atoms with van der Waals surface area (Å²) in [7, 11) is 2.12. The van der Waals surface area contributed by atoms with Crippen LogP contribution in [0.5, 0.6) is 0 Å². The summed E-state index contributed by atoms with van der Waals surface area (Å²) in [6.45, 7) is 5.96. The molecule has 1 saturated heterocycles. The van der Waals surface area contributed by atoms with Crippen molar-refractivity contribution in [2.75, 3.05) is 13.6 Å². The maximum atomic E-state index is 12.0. The van der Waals surface area contributed by atoms with Crippen LogP contribution >= 0.6 is 0 Å². The number of nitrogens with two attached hydrogens (primary N) is 1. The van der Waals surface area contributed by atoms with E-state index in [2.05, 4.69) is 20.9 Å². The van der Waals surface area contributed by atoms with Crippen molar-refractivity contribution in [3.05, 3.63) is 11.8 Å². The SMILES string of the molecule is C[C@@]12CCC[C@H]1[C@@H]1C[N+](C)(N)C3=CC(=O)CC[C@]3(C)[C@H]1CC2. The first-order valence-corrected chi connectivity index (χ1v) is 9.16. The molecule has 2 N–H and O–H groups in total. The standard InChI is InChI=1S/C19H31N2O/c1-18-8-4-5-15(18)14-12-21(3,20)17-11-13(22)6-10-19(17,2)16(14)7-9-18/h11,14-16H,4-10,12,20H2,1-3H3/q+1/t14-,15-,16-,18-,19+,21?/m0/s1. The normalized spacial score (nSPS) is 54.3. The maximum absolute atomic E-state index is 12.0. The van der Waals surface area contributed by atoms with E-state index in [9.17, 15) is 4.79 Å². The molecule has 4 rings (SSSR count). The zero-order valence-electron chi connectivity index (χ0n) is 14.4. The minimum atomic E-state index is 0.143. The van der Waals surface area contributed by atoms with Gasteiger partial charge in [0.2, 0.25) is 0 Å². The van der Waals surface area contributed by atoms with Gasteiger partial charge >= 0.3 is 0 Å². The van der Waals surface area contributed by atoms with E-state index in [4.69, 9.17) is 5.84 Å². The quantitative estimate of drug-likeness (QED) is 0.550. The highest BCUT2D eigenvalue weighted by molar-refractivity contribution is 5.91. The van der Waals surface area contributed by atoms with Crippen LogP contribution < -0.4 is 5.84 Å². The molecule has 1 heterocycles. The first kappa shape index (κ1) is 14.9. The van der Waals surface area contributed by atoms with Gasteiger partial charge in [-0.25, -0.2) is 4.59 Å². The molecule has 3 nitrogen and oxygen atoms in total. The second-order valence-electron chi connectivity index (χ2n) is 9.33. The van der Waals surface area contributed by atoms with Gasteiger partial charge in [0.25, 0.3) is 0 Å². The van der Waals surface area contributed by atoms with E-state index in [1.807, 2.05) is 6.08 Å². The van der Waals surface area contributed by atoms with Crippen LogP contribution in [0.3, 0.4) is 0 Å². The summed E-state index contributed by atoms with van der Waals surface area (Å²) in [6, 6.07) is 0. The summed E-state index contributed by atoms with van der Waals surface area (Å²) in [5.74, 6) is 9.34. The molecule has 0 amide bonds. The van der Waals surface area contributed by atoms with Gasteiger partial charge in [0.1, 0.15) is 12.2 Å². The average Bonchev–Trinajstić information content (AvgIpc) is 2.83. The lowest BCUT2D eigenvalue weighted by molar-refractivity contribution is -0.902. The fraction of sp³-hybridized carbons (Fsp3) is 0.842. The average molecular weight is 303 g/mol. The number of likely N-dealkylation sites (tertiary alicyclic amines) is 1. The topological polar surface area (TPSA) is 43.1 Å². The van der Waals surface area contributed by atoms with Crippen LogP contribution in [0, 0.1) is 28.6 Å². The number of quaternary nitrogens is 1. The monoisotopic (exact) mass is 303 g/mol. The number of rotatable bonds is 0. The summed E-state index contributed by atoms with van der Waals surface area (Å²) >= 11 is 0.